The second-order valence-corrected chi connectivity index (χ2v) is 10.2. The number of unbranched alkanes of at least 4 members (excludes halogenated alkanes) is 1. The smallest absolute Gasteiger partial charge is 0.306 e. The Balaban J connectivity index is 0.00000107. The number of esters is 1. The molecule has 0 bridgehead atoms. The van der Waals surface area contributed by atoms with Crippen molar-refractivity contribution in [3.05, 3.63) is 61.2 Å². The van der Waals surface area contributed by atoms with Crippen LogP contribution in [-0.4, -0.2) is 18.7 Å². The van der Waals surface area contributed by atoms with Gasteiger partial charge in [0.1, 0.15) is 5.75 Å². The molecule has 1 aliphatic heterocycles. The Morgan fingerprint density at radius 2 is 1.77 bits per heavy atom. The molecule has 0 aromatic heterocycles. The van der Waals surface area contributed by atoms with Gasteiger partial charge in [-0.25, -0.2) is 0 Å². The van der Waals surface area contributed by atoms with Crippen LogP contribution in [0.15, 0.2) is 61.2 Å². The van der Waals surface area contributed by atoms with Gasteiger partial charge < -0.3 is 9.26 Å². The molecule has 168 valence electrons. The van der Waals surface area contributed by atoms with Gasteiger partial charge in [0.15, 0.2) is 0 Å². The van der Waals surface area contributed by atoms with Crippen molar-refractivity contribution in [2.45, 2.75) is 52.9 Å². The van der Waals surface area contributed by atoms with Crippen molar-refractivity contribution in [3.8, 4) is 16.9 Å². The Morgan fingerprint density at radius 3 is 2.45 bits per heavy atom. The largest absolute Gasteiger partial charge is 0.465 e. The van der Waals surface area contributed by atoms with Gasteiger partial charge in [0.2, 0.25) is 0 Å². The zero-order chi connectivity index (χ0) is 22.7. The third kappa shape index (κ3) is 6.83. The molecule has 1 aliphatic rings. The number of benzene rings is 2. The van der Waals surface area contributed by atoms with Gasteiger partial charge in [0, 0.05) is 11.7 Å². The molecule has 0 aliphatic carbocycles. The molecule has 2 atom stereocenters. The van der Waals surface area contributed by atoms with E-state index in [2.05, 4.69) is 20.4 Å². The number of ether oxygens (including phenoxy) is 1. The first-order chi connectivity index (χ1) is 15.0. The predicted molar refractivity (Wildman–Crippen MR) is 129 cm³/mol. The second kappa shape index (κ2) is 12.5. The SMILES string of the molecule is C=CC.CCCCC(CC)COC(=O)CCP1(=O)Oc2ccccc2-c2ccccc21. The third-order valence-electron chi connectivity index (χ3n) is 5.33. The predicted octanol–water partition coefficient (Wildman–Crippen LogP) is 6.99. The van der Waals surface area contributed by atoms with E-state index in [-0.39, 0.29) is 18.6 Å². The van der Waals surface area contributed by atoms with E-state index in [1.165, 1.54) is 0 Å². The summed E-state index contributed by atoms with van der Waals surface area (Å²) < 4.78 is 25.0. The minimum atomic E-state index is -3.16. The molecule has 2 aromatic carbocycles. The lowest BCUT2D eigenvalue weighted by Gasteiger charge is -2.28. The number of hydrogen-bond acceptors (Lipinski definition) is 4. The van der Waals surface area contributed by atoms with Crippen molar-refractivity contribution < 1.29 is 18.6 Å². The van der Waals surface area contributed by atoms with Crippen LogP contribution in [0.2, 0.25) is 0 Å². The van der Waals surface area contributed by atoms with Crippen LogP contribution in [0.5, 0.6) is 5.75 Å². The number of hydrogen-bond donors (Lipinski definition) is 0. The maximum atomic E-state index is 13.6. The molecule has 0 N–H and O–H groups in total. The van der Waals surface area contributed by atoms with Crippen LogP contribution in [-0.2, 0) is 14.1 Å². The highest BCUT2D eigenvalue weighted by molar-refractivity contribution is 7.67. The standard InChI is InChI=1S/C23H29O4P.C3H6/c1-3-5-10-18(4-2)17-26-23(24)15-16-28(25)22-14-9-7-12-20(22)19-11-6-8-13-21(19)27-28;1-3-2/h6-9,11-14,18H,3-5,10,15-17H2,1-2H3;3H,1H2,2H3. The number of carbonyl (C=O) groups is 1. The first kappa shape index (κ1) is 24.9. The van der Waals surface area contributed by atoms with Crippen LogP contribution in [0.25, 0.3) is 11.1 Å². The van der Waals surface area contributed by atoms with Crippen LogP contribution in [0.4, 0.5) is 0 Å². The highest BCUT2D eigenvalue weighted by Crippen LogP contribution is 2.54. The molecule has 0 fully saturated rings. The second-order valence-electron chi connectivity index (χ2n) is 7.76. The van der Waals surface area contributed by atoms with Crippen molar-refractivity contribution in [2.75, 3.05) is 12.8 Å². The van der Waals surface area contributed by atoms with E-state index in [1.807, 2.05) is 55.5 Å². The van der Waals surface area contributed by atoms with Crippen molar-refractivity contribution in [1.29, 1.82) is 0 Å². The highest BCUT2D eigenvalue weighted by Gasteiger charge is 2.36. The Morgan fingerprint density at radius 1 is 1.13 bits per heavy atom. The quantitative estimate of drug-likeness (QED) is 0.239. The molecule has 1 heterocycles. The van der Waals surface area contributed by atoms with Crippen molar-refractivity contribution in [2.24, 2.45) is 5.92 Å². The molecule has 31 heavy (non-hydrogen) atoms. The van der Waals surface area contributed by atoms with E-state index in [0.717, 1.165) is 36.8 Å². The molecule has 0 saturated carbocycles. The summed E-state index contributed by atoms with van der Waals surface area (Å²) in [5.41, 5.74) is 1.86. The van der Waals surface area contributed by atoms with E-state index >= 15 is 0 Å². The van der Waals surface area contributed by atoms with Gasteiger partial charge in [-0.3, -0.25) is 9.36 Å². The van der Waals surface area contributed by atoms with Crippen LogP contribution < -0.4 is 9.83 Å². The molecular weight excluding hydrogens is 407 g/mol. The maximum absolute atomic E-state index is 13.6. The van der Waals surface area contributed by atoms with Crippen LogP contribution in [0.1, 0.15) is 52.9 Å². The molecule has 0 radical (unpaired) electrons. The lowest BCUT2D eigenvalue weighted by atomic mass is 10.0. The van der Waals surface area contributed by atoms with Gasteiger partial charge >= 0.3 is 5.97 Å². The summed E-state index contributed by atoms with van der Waals surface area (Å²) in [7, 11) is -3.16. The topological polar surface area (TPSA) is 52.6 Å². The lowest BCUT2D eigenvalue weighted by molar-refractivity contribution is -0.144. The molecular formula is C26H35O4P. The number of allylic oxidation sites excluding steroid dienone is 1. The summed E-state index contributed by atoms with van der Waals surface area (Å²) in [6, 6.07) is 15.2. The molecule has 2 unspecified atom stereocenters. The molecule has 4 nitrogen and oxygen atoms in total. The van der Waals surface area contributed by atoms with Gasteiger partial charge in [-0.15, -0.1) is 6.58 Å². The average Bonchev–Trinajstić information content (AvgIpc) is 2.79. The van der Waals surface area contributed by atoms with E-state index < -0.39 is 7.37 Å². The monoisotopic (exact) mass is 442 g/mol. The Labute approximate surface area is 187 Å². The third-order valence-corrected chi connectivity index (χ3v) is 7.76. The number of rotatable bonds is 9. The zero-order valence-corrected chi connectivity index (χ0v) is 19.9. The summed E-state index contributed by atoms with van der Waals surface area (Å²) >= 11 is 0. The summed E-state index contributed by atoms with van der Waals surface area (Å²) in [6.07, 6.45) is 6.37. The fourth-order valence-corrected chi connectivity index (χ4v) is 5.82. The minimum Gasteiger partial charge on any atom is -0.465 e. The van der Waals surface area contributed by atoms with E-state index in [9.17, 15) is 9.36 Å². The van der Waals surface area contributed by atoms with Crippen molar-refractivity contribution in [3.63, 3.8) is 0 Å². The lowest BCUT2D eigenvalue weighted by Crippen LogP contribution is -2.22. The Hall–Kier alpha value is -2.32. The van der Waals surface area contributed by atoms with Gasteiger partial charge in [-0.1, -0.05) is 75.6 Å². The molecule has 0 amide bonds. The maximum Gasteiger partial charge on any atom is 0.306 e. The normalized spacial score (nSPS) is 17.1. The van der Waals surface area contributed by atoms with Gasteiger partial charge in [0.05, 0.1) is 18.3 Å². The molecule has 3 rings (SSSR count). The van der Waals surface area contributed by atoms with Gasteiger partial charge in [-0.05, 0) is 37.0 Å². The molecule has 0 spiro atoms. The average molecular weight is 443 g/mol. The number of fused-ring (bicyclic) bond motifs is 3. The fraction of sp³-hybridized carbons (Fsp3) is 0.423. The van der Waals surface area contributed by atoms with E-state index in [0.29, 0.717) is 23.6 Å². The van der Waals surface area contributed by atoms with Crippen LogP contribution in [0, 0.1) is 5.92 Å². The first-order valence-electron chi connectivity index (χ1n) is 11.2. The van der Waals surface area contributed by atoms with Crippen LogP contribution in [0.3, 0.4) is 0 Å². The highest BCUT2D eigenvalue weighted by atomic mass is 31.2. The van der Waals surface area contributed by atoms with Crippen LogP contribution >= 0.6 is 7.37 Å². The number of para-hydroxylation sites is 1. The van der Waals surface area contributed by atoms with Crippen molar-refractivity contribution >= 4 is 18.6 Å². The minimum absolute atomic E-state index is 0.0952. The summed E-state index contributed by atoms with van der Waals surface area (Å²) in [4.78, 5) is 12.3. The number of carbonyl (C=O) groups excluding carboxylic acids is 1. The summed E-state index contributed by atoms with van der Waals surface area (Å²) in [5, 5.41) is 0.691. The molecule has 0 saturated heterocycles. The Kier molecular flexibility index (Phi) is 10.1. The molecule has 2 aromatic rings. The van der Waals surface area contributed by atoms with Gasteiger partial charge in [-0.2, -0.15) is 0 Å². The van der Waals surface area contributed by atoms with Crippen molar-refractivity contribution in [1.82, 2.24) is 0 Å². The Bertz CT molecular complexity index is 906. The first-order valence-corrected chi connectivity index (χ1v) is 13.0. The fourth-order valence-electron chi connectivity index (χ4n) is 3.56. The van der Waals surface area contributed by atoms with E-state index in [4.69, 9.17) is 9.26 Å². The summed E-state index contributed by atoms with van der Waals surface area (Å²) in [6.45, 7) is 9.98. The zero-order valence-electron chi connectivity index (χ0n) is 19.0. The van der Waals surface area contributed by atoms with Gasteiger partial charge in [0.25, 0.3) is 7.37 Å². The molecule has 5 heteroatoms. The summed E-state index contributed by atoms with van der Waals surface area (Å²) in [5.74, 6) is 0.715. The van der Waals surface area contributed by atoms with E-state index in [1.54, 1.807) is 6.08 Å².